The minimum absolute atomic E-state index is 0.0318. The van der Waals surface area contributed by atoms with Crippen molar-refractivity contribution in [3.8, 4) is 28.1 Å². The summed E-state index contributed by atoms with van der Waals surface area (Å²) in [7, 11) is 3.08. The van der Waals surface area contributed by atoms with Gasteiger partial charge in [-0.3, -0.25) is 34.0 Å². The number of esters is 1. The first-order valence-electron chi connectivity index (χ1n) is 23.3. The first-order valence-corrected chi connectivity index (χ1v) is 23.3. The van der Waals surface area contributed by atoms with Crippen molar-refractivity contribution in [3.63, 3.8) is 0 Å². The Morgan fingerprint density at radius 3 is 2.55 bits per heavy atom. The number of aromatic hydroxyl groups is 1. The van der Waals surface area contributed by atoms with Crippen molar-refractivity contribution < 1.29 is 43.7 Å². The summed E-state index contributed by atoms with van der Waals surface area (Å²) in [5.41, 5.74) is 12.9. The van der Waals surface area contributed by atoms with E-state index < -0.39 is 64.7 Å². The molecule has 2 aromatic carbocycles. The number of hydrogen-bond acceptors (Lipinski definition) is 12. The molecule has 1 unspecified atom stereocenters. The van der Waals surface area contributed by atoms with Gasteiger partial charge in [0, 0.05) is 74.7 Å². The number of hydrogen-bond donors (Lipinski definition) is 5. The molecule has 4 aromatic rings. The summed E-state index contributed by atoms with van der Waals surface area (Å²) in [5, 5.41) is 28.0. The molecule has 17 heteroatoms. The number of nitrogens with zero attached hydrogens (tertiary/aromatic N) is 5. The molecule has 0 radical (unpaired) electrons. The molecule has 5 atom stereocenters. The van der Waals surface area contributed by atoms with E-state index in [1.807, 2.05) is 25.1 Å². The van der Waals surface area contributed by atoms with Crippen molar-refractivity contribution in [1.29, 1.82) is 0 Å². The lowest BCUT2D eigenvalue weighted by Gasteiger charge is -2.37. The number of benzene rings is 2. The number of aliphatic hydroxyl groups is 1. The number of nitrogens with two attached hydrogens (primary N) is 1. The summed E-state index contributed by atoms with van der Waals surface area (Å²) >= 11 is 0. The summed E-state index contributed by atoms with van der Waals surface area (Å²) in [6.07, 6.45) is 2.78. The second-order valence-electron chi connectivity index (χ2n) is 19.4. The van der Waals surface area contributed by atoms with Crippen molar-refractivity contribution >= 4 is 40.5 Å². The number of nitrogens with one attached hydrogen (secondary N) is 2. The van der Waals surface area contributed by atoms with Crippen LogP contribution < -0.4 is 16.5 Å². The number of likely N-dealkylation sites (tertiary alicyclic amines) is 1. The van der Waals surface area contributed by atoms with Crippen LogP contribution in [0.15, 0.2) is 54.7 Å². The highest BCUT2D eigenvalue weighted by molar-refractivity contribution is 5.97. The minimum atomic E-state index is -1.94. The van der Waals surface area contributed by atoms with Crippen LogP contribution in [0.1, 0.15) is 83.7 Å². The van der Waals surface area contributed by atoms with Gasteiger partial charge in [-0.15, -0.1) is 0 Å². The molecule has 4 amide bonds. The molecule has 2 fully saturated rings. The van der Waals surface area contributed by atoms with Gasteiger partial charge in [-0.25, -0.2) is 5.43 Å². The van der Waals surface area contributed by atoms with Crippen LogP contribution in [0.4, 0.5) is 0 Å². The van der Waals surface area contributed by atoms with Crippen LogP contribution in [0.25, 0.3) is 33.3 Å². The molecule has 6 N–H and O–H groups in total. The summed E-state index contributed by atoms with van der Waals surface area (Å²) in [5.74, 6) is -3.36. The van der Waals surface area contributed by atoms with Crippen molar-refractivity contribution in [2.75, 3.05) is 46.9 Å². The molecule has 0 spiro atoms. The number of aromatic nitrogens is 2. The van der Waals surface area contributed by atoms with E-state index in [-0.39, 0.29) is 57.5 Å². The van der Waals surface area contributed by atoms with Crippen LogP contribution in [-0.2, 0) is 52.8 Å². The zero-order valence-corrected chi connectivity index (χ0v) is 39.9. The Bertz CT molecular complexity index is 2540. The second kappa shape index (κ2) is 19.8. The summed E-state index contributed by atoms with van der Waals surface area (Å²) in [6.45, 7) is 12.3. The number of rotatable bonds is 10. The lowest BCUT2D eigenvalue weighted by molar-refractivity contribution is -0.156. The maximum absolute atomic E-state index is 14.7. The number of carbonyl (C=O) groups excluding carboxylic acids is 5. The third-order valence-electron chi connectivity index (χ3n) is 13.5. The van der Waals surface area contributed by atoms with Gasteiger partial charge in [0.15, 0.2) is 5.60 Å². The molecule has 360 valence electrons. The van der Waals surface area contributed by atoms with Crippen LogP contribution in [0.5, 0.6) is 5.75 Å². The minimum Gasteiger partial charge on any atom is -0.508 e. The number of cyclic esters (lactones) is 1. The van der Waals surface area contributed by atoms with Gasteiger partial charge >= 0.3 is 5.97 Å². The van der Waals surface area contributed by atoms with Crippen LogP contribution in [-0.4, -0.2) is 135 Å². The molecule has 67 heavy (non-hydrogen) atoms. The van der Waals surface area contributed by atoms with E-state index in [0.29, 0.717) is 36.9 Å². The van der Waals surface area contributed by atoms with Crippen LogP contribution in [0.3, 0.4) is 0 Å². The first kappa shape index (κ1) is 49.0. The van der Waals surface area contributed by atoms with Crippen LogP contribution in [0.2, 0.25) is 0 Å². The van der Waals surface area contributed by atoms with Gasteiger partial charge in [0.05, 0.1) is 37.2 Å². The average Bonchev–Trinajstić information content (AvgIpc) is 3.86. The first-order chi connectivity index (χ1) is 31.8. The van der Waals surface area contributed by atoms with E-state index >= 15 is 0 Å². The number of carbonyl (C=O) groups is 5. The SMILES string of the molecule is CCn1c(-c2cccnc2[C@H](C)OC)c2c3cc(ccc31)-c1cc(O)cc(c1)C[C@H](NC(=O)[C@H](C(C)C)N(C)C(=O)C1(O)CCN(C(=O)CN)C1)C(=O)N1CCC[C@H](N1)C(=O)OCC(C)(C)C2. The number of aryl methyl sites for hydroxylation is 1. The van der Waals surface area contributed by atoms with Crippen molar-refractivity contribution in [2.24, 2.45) is 17.1 Å². The van der Waals surface area contributed by atoms with Crippen LogP contribution >= 0.6 is 0 Å². The fourth-order valence-corrected chi connectivity index (χ4v) is 10.0. The highest BCUT2D eigenvalue weighted by Crippen LogP contribution is 2.42. The largest absolute Gasteiger partial charge is 0.508 e. The molecule has 0 aliphatic carbocycles. The molecular formula is C50H66N8O9. The van der Waals surface area contributed by atoms with E-state index in [0.717, 1.165) is 39.0 Å². The molecule has 2 aromatic heterocycles. The quantitative estimate of drug-likeness (QED) is 0.143. The standard InChI is InChI=1S/C50H66N8O9/c1-9-57-40-15-14-32-24-36(40)37(44(57)35-12-10-17-52-42(35)30(4)66-8)25-49(5,6)28-67-47(63)38-13-11-18-58(54-38)46(62)39(22-31-20-33(32)23-34(59)21-31)53-45(61)43(29(2)3)55(7)48(64)50(65)16-19-56(27-50)41(60)26-51/h10,12,14-15,17,20-21,23-24,29-30,38-39,43,54,59,65H,9,11,13,16,18-19,22,25-28,51H2,1-8H3,(H,53,61)/t30-,38-,39-,43-,50?/m0/s1. The Hall–Kier alpha value is -5.88. The van der Waals surface area contributed by atoms with E-state index in [4.69, 9.17) is 20.2 Å². The molecule has 17 nitrogen and oxygen atoms in total. The zero-order chi connectivity index (χ0) is 48.5. The van der Waals surface area contributed by atoms with Gasteiger partial charge in [-0.1, -0.05) is 39.8 Å². The summed E-state index contributed by atoms with van der Waals surface area (Å²) in [4.78, 5) is 76.8. The maximum Gasteiger partial charge on any atom is 0.324 e. The van der Waals surface area contributed by atoms with Gasteiger partial charge in [0.25, 0.3) is 11.8 Å². The van der Waals surface area contributed by atoms with Gasteiger partial charge in [-0.2, -0.15) is 0 Å². The number of phenolic OH excluding ortho intramolecular Hbond substituents is 1. The predicted octanol–water partition coefficient (Wildman–Crippen LogP) is 3.86. The third kappa shape index (κ3) is 10.1. The van der Waals surface area contributed by atoms with Crippen molar-refractivity contribution in [3.05, 3.63) is 71.5 Å². The molecular weight excluding hydrogens is 857 g/mol. The summed E-state index contributed by atoms with van der Waals surface area (Å²) < 4.78 is 14.2. The topological polar surface area (TPSA) is 222 Å². The fraction of sp³-hybridized carbons (Fsp3) is 0.520. The Labute approximate surface area is 391 Å². The lowest BCUT2D eigenvalue weighted by Crippen LogP contribution is -2.63. The van der Waals surface area contributed by atoms with Gasteiger partial charge in [0.1, 0.15) is 23.9 Å². The van der Waals surface area contributed by atoms with Crippen molar-refractivity contribution in [1.82, 2.24) is 35.1 Å². The third-order valence-corrected chi connectivity index (χ3v) is 13.5. The van der Waals surface area contributed by atoms with E-state index in [1.54, 1.807) is 39.3 Å². The lowest BCUT2D eigenvalue weighted by atomic mass is 9.84. The van der Waals surface area contributed by atoms with Gasteiger partial charge in [0.2, 0.25) is 11.8 Å². The number of β-amino-alcohol motifs (C(OH)–C–C–N with tert-alkyl or cyclic N) is 1. The Morgan fingerprint density at radius 2 is 1.85 bits per heavy atom. The number of fused-ring (bicyclic) bond motifs is 6. The van der Waals surface area contributed by atoms with E-state index in [9.17, 15) is 34.2 Å². The molecule has 0 saturated carbocycles. The molecule has 7 rings (SSSR count). The Morgan fingerprint density at radius 1 is 1.09 bits per heavy atom. The number of ether oxygens (including phenoxy) is 2. The smallest absolute Gasteiger partial charge is 0.324 e. The Balaban J connectivity index is 1.31. The number of methoxy groups -OCH3 is 1. The average molecular weight is 923 g/mol. The van der Waals surface area contributed by atoms with Gasteiger partial charge in [-0.05, 0) is 97.7 Å². The number of pyridine rings is 1. The molecule has 6 bridgehead atoms. The zero-order valence-electron chi connectivity index (χ0n) is 39.9. The highest BCUT2D eigenvalue weighted by Gasteiger charge is 2.48. The number of hydrazine groups is 1. The van der Waals surface area contributed by atoms with Gasteiger partial charge < -0.3 is 45.1 Å². The Kier molecular flexibility index (Phi) is 14.5. The van der Waals surface area contributed by atoms with Crippen LogP contribution in [0, 0.1) is 11.3 Å². The molecule has 2 saturated heterocycles. The second-order valence-corrected chi connectivity index (χ2v) is 19.4. The maximum atomic E-state index is 14.7. The number of likely N-dealkylation sites (N-methyl/N-ethyl adjacent to an activating group) is 1. The predicted molar refractivity (Wildman–Crippen MR) is 252 cm³/mol. The molecule has 3 aliphatic rings. The number of phenols is 1. The van der Waals surface area contributed by atoms with E-state index in [2.05, 4.69) is 54.3 Å². The highest BCUT2D eigenvalue weighted by atomic mass is 16.5. The molecule has 3 aliphatic heterocycles. The fourth-order valence-electron chi connectivity index (χ4n) is 10.0. The van der Waals surface area contributed by atoms with E-state index in [1.165, 1.54) is 21.9 Å². The van der Waals surface area contributed by atoms with Crippen molar-refractivity contribution in [2.45, 2.75) is 110 Å². The molecule has 5 heterocycles. The number of amides is 4. The summed E-state index contributed by atoms with van der Waals surface area (Å²) in [6, 6.07) is 12.0. The normalized spacial score (nSPS) is 22.0. The monoisotopic (exact) mass is 922 g/mol.